The molecule has 3 nitrogen and oxygen atoms in total. The zero-order valence-electron chi connectivity index (χ0n) is 11.8. The summed E-state index contributed by atoms with van der Waals surface area (Å²) in [4.78, 5) is 11.7. The lowest BCUT2D eigenvalue weighted by atomic mass is 9.98. The van der Waals surface area contributed by atoms with Crippen LogP contribution in [0.15, 0.2) is 60.7 Å². The maximum atomic E-state index is 11.7. The van der Waals surface area contributed by atoms with E-state index in [9.17, 15) is 4.79 Å². The summed E-state index contributed by atoms with van der Waals surface area (Å²) >= 11 is 0. The lowest BCUT2D eigenvalue weighted by Crippen LogP contribution is -2.42. The average molecular weight is 268 g/mol. The standard InChI is InChI=1S/C17H20N2O/c1-13(17(20)18-2)19-16(14-9-5-3-6-10-14)15-11-7-4-8-12-15/h3-13,16,19H,1-2H3,(H,18,20). The second-order valence-corrected chi connectivity index (χ2v) is 4.76. The molecule has 0 fully saturated rings. The molecule has 0 radical (unpaired) electrons. The van der Waals surface area contributed by atoms with Crippen molar-refractivity contribution in [3.8, 4) is 0 Å². The van der Waals surface area contributed by atoms with Gasteiger partial charge in [0.25, 0.3) is 0 Å². The van der Waals surface area contributed by atoms with Crippen LogP contribution in [0.2, 0.25) is 0 Å². The highest BCUT2D eigenvalue weighted by Gasteiger charge is 2.19. The van der Waals surface area contributed by atoms with Crippen LogP contribution in [0.3, 0.4) is 0 Å². The second kappa shape index (κ2) is 6.87. The van der Waals surface area contributed by atoms with E-state index in [0.717, 1.165) is 11.1 Å². The Labute approximate surface area is 120 Å². The summed E-state index contributed by atoms with van der Waals surface area (Å²) in [6.45, 7) is 1.87. The maximum absolute atomic E-state index is 11.7. The summed E-state index contributed by atoms with van der Waals surface area (Å²) in [6.07, 6.45) is 0. The second-order valence-electron chi connectivity index (χ2n) is 4.76. The van der Waals surface area contributed by atoms with Gasteiger partial charge in [-0.1, -0.05) is 60.7 Å². The van der Waals surface area contributed by atoms with Crippen LogP contribution in [-0.2, 0) is 4.79 Å². The summed E-state index contributed by atoms with van der Waals surface area (Å²) in [5.74, 6) is -0.0122. The smallest absolute Gasteiger partial charge is 0.236 e. The molecule has 0 aliphatic carbocycles. The first kappa shape index (κ1) is 14.3. The van der Waals surface area contributed by atoms with E-state index in [4.69, 9.17) is 0 Å². The first-order chi connectivity index (χ1) is 9.72. The minimum Gasteiger partial charge on any atom is -0.358 e. The van der Waals surface area contributed by atoms with Crippen molar-refractivity contribution in [1.82, 2.24) is 10.6 Å². The molecule has 2 N–H and O–H groups in total. The maximum Gasteiger partial charge on any atom is 0.236 e. The topological polar surface area (TPSA) is 41.1 Å². The van der Waals surface area contributed by atoms with Gasteiger partial charge in [0.2, 0.25) is 5.91 Å². The largest absolute Gasteiger partial charge is 0.358 e. The molecular weight excluding hydrogens is 248 g/mol. The molecule has 0 aliphatic rings. The predicted molar refractivity (Wildman–Crippen MR) is 81.4 cm³/mol. The summed E-state index contributed by atoms with van der Waals surface area (Å²) in [7, 11) is 1.65. The number of amides is 1. The minimum absolute atomic E-state index is 0.00435. The molecule has 0 saturated heterocycles. The molecule has 0 heterocycles. The summed E-state index contributed by atoms with van der Waals surface area (Å²) in [6, 6.07) is 20.1. The van der Waals surface area contributed by atoms with Crippen LogP contribution in [-0.4, -0.2) is 19.0 Å². The first-order valence-corrected chi connectivity index (χ1v) is 6.80. The van der Waals surface area contributed by atoms with Crippen molar-refractivity contribution in [2.45, 2.75) is 19.0 Å². The van der Waals surface area contributed by atoms with Crippen molar-refractivity contribution in [1.29, 1.82) is 0 Å². The molecule has 2 aromatic carbocycles. The molecule has 104 valence electrons. The fraction of sp³-hybridized carbons (Fsp3) is 0.235. The number of carbonyl (C=O) groups excluding carboxylic acids is 1. The molecule has 0 saturated carbocycles. The Morgan fingerprint density at radius 1 is 0.900 bits per heavy atom. The Bertz CT molecular complexity index is 500. The van der Waals surface area contributed by atoms with Gasteiger partial charge >= 0.3 is 0 Å². The van der Waals surface area contributed by atoms with Crippen LogP contribution < -0.4 is 10.6 Å². The summed E-state index contributed by atoms with van der Waals surface area (Å²) < 4.78 is 0. The van der Waals surface area contributed by atoms with E-state index in [2.05, 4.69) is 34.9 Å². The van der Waals surface area contributed by atoms with Crippen LogP contribution in [0.4, 0.5) is 0 Å². The van der Waals surface area contributed by atoms with E-state index in [1.54, 1.807) is 7.05 Å². The normalized spacial score (nSPS) is 12.2. The van der Waals surface area contributed by atoms with Crippen molar-refractivity contribution in [2.24, 2.45) is 0 Å². The van der Waals surface area contributed by atoms with Gasteiger partial charge in [0, 0.05) is 7.05 Å². The SMILES string of the molecule is CNC(=O)C(C)NC(c1ccccc1)c1ccccc1. The van der Waals surface area contributed by atoms with Gasteiger partial charge in [-0.25, -0.2) is 0 Å². The number of rotatable bonds is 5. The van der Waals surface area contributed by atoms with Gasteiger partial charge in [-0.05, 0) is 18.1 Å². The molecule has 1 amide bonds. The van der Waals surface area contributed by atoms with Gasteiger partial charge in [-0.3, -0.25) is 10.1 Å². The monoisotopic (exact) mass is 268 g/mol. The number of benzene rings is 2. The fourth-order valence-corrected chi connectivity index (χ4v) is 2.22. The summed E-state index contributed by atoms with van der Waals surface area (Å²) in [5.41, 5.74) is 2.30. The van der Waals surface area contributed by atoms with E-state index < -0.39 is 0 Å². The van der Waals surface area contributed by atoms with Gasteiger partial charge in [0.05, 0.1) is 12.1 Å². The number of likely N-dealkylation sites (N-methyl/N-ethyl adjacent to an activating group) is 1. The van der Waals surface area contributed by atoms with Crippen molar-refractivity contribution in [3.63, 3.8) is 0 Å². The number of hydrogen-bond donors (Lipinski definition) is 2. The van der Waals surface area contributed by atoms with Crippen LogP contribution in [0.1, 0.15) is 24.1 Å². The van der Waals surface area contributed by atoms with Gasteiger partial charge in [-0.15, -0.1) is 0 Å². The molecule has 0 aromatic heterocycles. The fourth-order valence-electron chi connectivity index (χ4n) is 2.22. The molecule has 2 aromatic rings. The predicted octanol–water partition coefficient (Wildman–Crippen LogP) is 2.50. The third-order valence-electron chi connectivity index (χ3n) is 3.32. The average Bonchev–Trinajstić information content (AvgIpc) is 2.53. The van der Waals surface area contributed by atoms with E-state index in [1.165, 1.54) is 0 Å². The van der Waals surface area contributed by atoms with Crippen LogP contribution >= 0.6 is 0 Å². The van der Waals surface area contributed by atoms with Crippen LogP contribution in [0.5, 0.6) is 0 Å². The molecule has 3 heteroatoms. The number of carbonyl (C=O) groups is 1. The van der Waals surface area contributed by atoms with E-state index in [-0.39, 0.29) is 18.0 Å². The van der Waals surface area contributed by atoms with Gasteiger partial charge in [0.1, 0.15) is 0 Å². The van der Waals surface area contributed by atoms with Crippen molar-refractivity contribution in [2.75, 3.05) is 7.05 Å². The molecule has 0 spiro atoms. The van der Waals surface area contributed by atoms with Gasteiger partial charge < -0.3 is 5.32 Å². The number of hydrogen-bond acceptors (Lipinski definition) is 2. The van der Waals surface area contributed by atoms with Gasteiger partial charge in [-0.2, -0.15) is 0 Å². The first-order valence-electron chi connectivity index (χ1n) is 6.80. The Morgan fingerprint density at radius 3 is 1.75 bits per heavy atom. The molecule has 20 heavy (non-hydrogen) atoms. The molecule has 0 aliphatic heterocycles. The molecule has 1 atom stereocenters. The highest BCUT2D eigenvalue weighted by Crippen LogP contribution is 2.22. The van der Waals surface area contributed by atoms with Gasteiger partial charge in [0.15, 0.2) is 0 Å². The minimum atomic E-state index is -0.259. The molecule has 2 rings (SSSR count). The van der Waals surface area contributed by atoms with E-state index >= 15 is 0 Å². The molecule has 0 bridgehead atoms. The Kier molecular flexibility index (Phi) is 4.91. The highest BCUT2D eigenvalue weighted by atomic mass is 16.2. The lowest BCUT2D eigenvalue weighted by Gasteiger charge is -2.23. The highest BCUT2D eigenvalue weighted by molar-refractivity contribution is 5.81. The Balaban J connectivity index is 2.28. The third-order valence-corrected chi connectivity index (χ3v) is 3.32. The summed E-state index contributed by atoms with van der Waals surface area (Å²) in [5, 5.41) is 6.06. The van der Waals surface area contributed by atoms with Crippen LogP contribution in [0, 0.1) is 0 Å². The van der Waals surface area contributed by atoms with Crippen molar-refractivity contribution >= 4 is 5.91 Å². The Morgan fingerprint density at radius 2 is 1.35 bits per heavy atom. The third kappa shape index (κ3) is 3.45. The quantitative estimate of drug-likeness (QED) is 0.875. The molecular formula is C17H20N2O. The van der Waals surface area contributed by atoms with Crippen molar-refractivity contribution in [3.05, 3.63) is 71.8 Å². The van der Waals surface area contributed by atoms with Crippen LogP contribution in [0.25, 0.3) is 0 Å². The van der Waals surface area contributed by atoms with E-state index in [0.29, 0.717) is 0 Å². The molecule has 1 unspecified atom stereocenters. The zero-order chi connectivity index (χ0) is 14.4. The Hall–Kier alpha value is -2.13. The lowest BCUT2D eigenvalue weighted by molar-refractivity contribution is -0.122. The zero-order valence-corrected chi connectivity index (χ0v) is 11.8. The van der Waals surface area contributed by atoms with E-state index in [1.807, 2.05) is 43.3 Å². The van der Waals surface area contributed by atoms with Crippen molar-refractivity contribution < 1.29 is 4.79 Å². The number of nitrogens with one attached hydrogen (secondary N) is 2.